The molecule has 0 aromatic heterocycles. The lowest BCUT2D eigenvalue weighted by molar-refractivity contribution is 0.762. The van der Waals surface area contributed by atoms with Crippen molar-refractivity contribution in [3.05, 3.63) is 0 Å². The monoisotopic (exact) mass is 107 g/mol. The van der Waals surface area contributed by atoms with Crippen LogP contribution in [0.25, 0.3) is 0 Å². The molecule has 0 bridgehead atoms. The minimum absolute atomic E-state index is 0. The van der Waals surface area contributed by atoms with Gasteiger partial charge in [0.05, 0.1) is 0 Å². The van der Waals surface area contributed by atoms with Crippen LogP contribution in [0.4, 0.5) is 0 Å². The van der Waals surface area contributed by atoms with Crippen molar-refractivity contribution in [2.24, 2.45) is 0 Å². The molecule has 0 atom stereocenters. The first-order chi connectivity index (χ1) is 2.41. The third-order valence-corrected chi connectivity index (χ3v) is 0.500. The Morgan fingerprint density at radius 1 is 1.17 bits per heavy atom. The van der Waals surface area contributed by atoms with Gasteiger partial charge >= 0.3 is 0 Å². The highest BCUT2D eigenvalue weighted by atomic mass is 32.1. The van der Waals surface area contributed by atoms with Gasteiger partial charge in [0, 0.05) is 0 Å². The van der Waals surface area contributed by atoms with Gasteiger partial charge in [0.15, 0.2) is 0 Å². The van der Waals surface area contributed by atoms with Crippen molar-refractivity contribution in [1.82, 2.24) is 5.32 Å². The van der Waals surface area contributed by atoms with Crippen LogP contribution in [0.2, 0.25) is 0 Å². The average molecular weight is 107 g/mol. The van der Waals surface area contributed by atoms with Crippen molar-refractivity contribution in [2.45, 2.75) is 13.8 Å². The van der Waals surface area contributed by atoms with E-state index >= 15 is 0 Å². The van der Waals surface area contributed by atoms with E-state index in [1.54, 1.807) is 0 Å². The Kier molecular flexibility index (Phi) is 14.4. The molecule has 0 spiro atoms. The van der Waals surface area contributed by atoms with Crippen LogP contribution in [0.15, 0.2) is 0 Å². The molecular weight excluding hydrogens is 94.1 g/mol. The Hall–Kier alpha value is 0.310. The second-order valence-corrected chi connectivity index (χ2v) is 0.957. The summed E-state index contributed by atoms with van der Waals surface area (Å²) in [7, 11) is 0. The van der Waals surface area contributed by atoms with Gasteiger partial charge in [-0.15, -0.1) is 0 Å². The van der Waals surface area contributed by atoms with Gasteiger partial charge in [0.1, 0.15) is 0 Å². The summed E-state index contributed by atoms with van der Waals surface area (Å²) < 4.78 is 0. The fourth-order valence-corrected chi connectivity index (χ4v) is 0.250. The average Bonchev–Trinajstić information content (AvgIpc) is 1.41. The summed E-state index contributed by atoms with van der Waals surface area (Å²) in [6.45, 7) is 6.39. The van der Waals surface area contributed by atoms with E-state index < -0.39 is 0 Å². The van der Waals surface area contributed by atoms with Crippen molar-refractivity contribution in [1.29, 1.82) is 0 Å². The van der Waals surface area contributed by atoms with Crippen LogP contribution in [-0.4, -0.2) is 13.1 Å². The zero-order valence-electron chi connectivity index (χ0n) is 4.41. The first-order valence-corrected chi connectivity index (χ1v) is 2.12. The quantitative estimate of drug-likeness (QED) is 0.548. The normalized spacial score (nSPS) is 7.00. The van der Waals surface area contributed by atoms with Crippen LogP contribution in [-0.2, 0) is 0 Å². The van der Waals surface area contributed by atoms with Gasteiger partial charge in [0.25, 0.3) is 0 Å². The van der Waals surface area contributed by atoms with Gasteiger partial charge in [-0.1, -0.05) is 13.8 Å². The van der Waals surface area contributed by atoms with E-state index in [4.69, 9.17) is 0 Å². The summed E-state index contributed by atoms with van der Waals surface area (Å²) in [5, 5.41) is 3.11. The maximum absolute atomic E-state index is 3.11. The lowest BCUT2D eigenvalue weighted by Gasteiger charge is -1.86. The van der Waals surface area contributed by atoms with Crippen molar-refractivity contribution in [3.63, 3.8) is 0 Å². The molecule has 0 saturated heterocycles. The summed E-state index contributed by atoms with van der Waals surface area (Å²) >= 11 is 0. The molecule has 0 heterocycles. The molecule has 1 N–H and O–H groups in total. The minimum Gasteiger partial charge on any atom is -0.317 e. The maximum Gasteiger partial charge on any atom is -0.00775 e. The molecular formula is C4H13NS. The second-order valence-electron chi connectivity index (χ2n) is 0.957. The molecule has 6 heavy (non-hydrogen) atoms. The summed E-state index contributed by atoms with van der Waals surface area (Å²) in [6, 6.07) is 0. The van der Waals surface area contributed by atoms with Crippen LogP contribution in [0.1, 0.15) is 13.8 Å². The Balaban J connectivity index is 0. The summed E-state index contributed by atoms with van der Waals surface area (Å²) in [4.78, 5) is 0. The third kappa shape index (κ3) is 8.85. The van der Waals surface area contributed by atoms with E-state index in [-0.39, 0.29) is 13.5 Å². The molecule has 0 fully saturated rings. The van der Waals surface area contributed by atoms with Crippen molar-refractivity contribution >= 4 is 13.5 Å². The molecule has 1 nitrogen and oxygen atoms in total. The first-order valence-electron chi connectivity index (χ1n) is 2.12. The molecule has 0 aliphatic carbocycles. The Bertz CT molecular complexity index is 15.0. The van der Waals surface area contributed by atoms with Gasteiger partial charge in [-0.05, 0) is 13.1 Å². The molecule has 0 aliphatic heterocycles. The molecule has 0 amide bonds. The van der Waals surface area contributed by atoms with Crippen molar-refractivity contribution in [3.8, 4) is 0 Å². The zero-order chi connectivity index (χ0) is 4.12. The van der Waals surface area contributed by atoms with Gasteiger partial charge in [-0.25, -0.2) is 0 Å². The Morgan fingerprint density at radius 3 is 1.50 bits per heavy atom. The fraction of sp³-hybridized carbons (Fsp3) is 1.00. The van der Waals surface area contributed by atoms with Gasteiger partial charge in [0.2, 0.25) is 0 Å². The van der Waals surface area contributed by atoms with Crippen LogP contribution in [0.3, 0.4) is 0 Å². The van der Waals surface area contributed by atoms with Crippen LogP contribution >= 0.6 is 13.5 Å². The van der Waals surface area contributed by atoms with Gasteiger partial charge in [-0.2, -0.15) is 13.5 Å². The molecule has 2 heteroatoms. The molecule has 0 aromatic rings. The fourth-order valence-electron chi connectivity index (χ4n) is 0.250. The van der Waals surface area contributed by atoms with E-state index in [1.807, 2.05) is 0 Å². The standard InChI is InChI=1S/C4H11N.H2S/c1-3-5-4-2;/h5H,3-4H2,1-2H3;1H2. The topological polar surface area (TPSA) is 12.0 Å². The molecule has 0 radical (unpaired) electrons. The molecule has 0 rings (SSSR count). The smallest absolute Gasteiger partial charge is 0.00775 e. The summed E-state index contributed by atoms with van der Waals surface area (Å²) in [6.07, 6.45) is 0. The Morgan fingerprint density at radius 2 is 1.50 bits per heavy atom. The first kappa shape index (κ1) is 9.58. The lowest BCUT2D eigenvalue weighted by Crippen LogP contribution is -2.09. The Labute approximate surface area is 46.6 Å². The lowest BCUT2D eigenvalue weighted by atomic mass is 10.7. The summed E-state index contributed by atoms with van der Waals surface area (Å²) in [5.74, 6) is 0. The van der Waals surface area contributed by atoms with E-state index in [2.05, 4.69) is 19.2 Å². The van der Waals surface area contributed by atoms with E-state index in [1.165, 1.54) is 0 Å². The maximum atomic E-state index is 3.11. The van der Waals surface area contributed by atoms with Crippen molar-refractivity contribution < 1.29 is 0 Å². The highest BCUT2D eigenvalue weighted by Gasteiger charge is 1.62. The highest BCUT2D eigenvalue weighted by molar-refractivity contribution is 7.59. The predicted molar refractivity (Wildman–Crippen MR) is 34.6 cm³/mol. The van der Waals surface area contributed by atoms with Crippen LogP contribution < -0.4 is 5.32 Å². The highest BCUT2D eigenvalue weighted by Crippen LogP contribution is 1.47. The number of hydrogen-bond donors (Lipinski definition) is 1. The molecule has 0 saturated carbocycles. The predicted octanol–water partition coefficient (Wildman–Crippen LogP) is 0.729. The number of nitrogens with one attached hydrogen (secondary N) is 1. The van der Waals surface area contributed by atoms with Crippen LogP contribution in [0, 0.1) is 0 Å². The van der Waals surface area contributed by atoms with Crippen LogP contribution in [0.5, 0.6) is 0 Å². The molecule has 40 valence electrons. The summed E-state index contributed by atoms with van der Waals surface area (Å²) in [5.41, 5.74) is 0. The van der Waals surface area contributed by atoms with E-state index in [9.17, 15) is 0 Å². The SMILES string of the molecule is CCNCC.S. The minimum atomic E-state index is 0. The number of hydrogen-bond acceptors (Lipinski definition) is 1. The second kappa shape index (κ2) is 9.00. The molecule has 0 unspecified atom stereocenters. The third-order valence-electron chi connectivity index (χ3n) is 0.500. The van der Waals surface area contributed by atoms with Gasteiger partial charge in [-0.3, -0.25) is 0 Å². The molecule has 0 aromatic carbocycles. The van der Waals surface area contributed by atoms with Crippen molar-refractivity contribution in [2.75, 3.05) is 13.1 Å². The van der Waals surface area contributed by atoms with E-state index in [0.717, 1.165) is 13.1 Å². The van der Waals surface area contributed by atoms with Gasteiger partial charge < -0.3 is 5.32 Å². The zero-order valence-corrected chi connectivity index (χ0v) is 5.41. The number of rotatable bonds is 2. The molecule has 0 aliphatic rings. The van der Waals surface area contributed by atoms with E-state index in [0.29, 0.717) is 0 Å². The largest absolute Gasteiger partial charge is 0.317 e.